The lowest BCUT2D eigenvalue weighted by molar-refractivity contribution is 1.53. The minimum Gasteiger partial charge on any atom is -0.355 e. The molecule has 0 saturated carbocycles. The van der Waals surface area contributed by atoms with Crippen molar-refractivity contribution >= 4 is 59.6 Å². The van der Waals surface area contributed by atoms with Crippen molar-refractivity contribution in [2.24, 2.45) is 0 Å². The van der Waals surface area contributed by atoms with Gasteiger partial charge in [-0.1, -0.05) is 101 Å². The van der Waals surface area contributed by atoms with E-state index in [1.165, 1.54) is 43.4 Å². The third-order valence-corrected chi connectivity index (χ3v) is 6.58. The van der Waals surface area contributed by atoms with Crippen LogP contribution < -0.4 is 5.32 Å². The summed E-state index contributed by atoms with van der Waals surface area (Å²) in [7, 11) is 0. The highest BCUT2D eigenvalue weighted by atomic mass is 79.9. The lowest BCUT2D eigenvalue weighted by atomic mass is 9.94. The molecule has 0 fully saturated rings. The average molecular weight is 474 g/mol. The number of benzene rings is 6. The molecule has 0 spiro atoms. The first-order valence-electron chi connectivity index (χ1n) is 10.7. The molecule has 0 radical (unpaired) electrons. The molecule has 0 amide bonds. The molecule has 2 heteroatoms. The Morgan fingerprint density at radius 2 is 1.03 bits per heavy atom. The maximum atomic E-state index is 3.68. The van der Waals surface area contributed by atoms with Gasteiger partial charge in [0.05, 0.1) is 0 Å². The summed E-state index contributed by atoms with van der Waals surface area (Å²) < 4.78 is 1.07. The Balaban J connectivity index is 1.54. The van der Waals surface area contributed by atoms with E-state index in [0.29, 0.717) is 0 Å². The maximum Gasteiger partial charge on any atom is 0.0464 e. The predicted octanol–water partition coefficient (Wildman–Crippen LogP) is 9.32. The normalized spacial score (nSPS) is 11.3. The minimum absolute atomic E-state index is 1.07. The van der Waals surface area contributed by atoms with Crippen LogP contribution in [0.15, 0.2) is 120 Å². The van der Waals surface area contributed by atoms with Gasteiger partial charge in [-0.2, -0.15) is 0 Å². The van der Waals surface area contributed by atoms with Gasteiger partial charge in [-0.05, 0) is 68.2 Å². The highest BCUT2D eigenvalue weighted by Gasteiger charge is 2.10. The van der Waals surface area contributed by atoms with E-state index in [1.807, 2.05) is 6.07 Å². The SMILES string of the molecule is Brc1ccc(Nc2ccc3c4ccccc4c4ccccc4c3c2)c(-c2ccccc2)c1. The van der Waals surface area contributed by atoms with Gasteiger partial charge >= 0.3 is 0 Å². The Morgan fingerprint density at radius 1 is 0.469 bits per heavy atom. The Hall–Kier alpha value is -3.62. The van der Waals surface area contributed by atoms with E-state index in [0.717, 1.165) is 15.8 Å². The van der Waals surface area contributed by atoms with E-state index in [1.54, 1.807) is 0 Å². The molecule has 0 saturated heterocycles. The van der Waals surface area contributed by atoms with Gasteiger partial charge in [0.2, 0.25) is 0 Å². The zero-order chi connectivity index (χ0) is 21.5. The Kier molecular flexibility index (Phi) is 4.66. The molecular weight excluding hydrogens is 454 g/mol. The van der Waals surface area contributed by atoms with Gasteiger partial charge in [-0.3, -0.25) is 0 Å². The van der Waals surface area contributed by atoms with Crippen LogP contribution >= 0.6 is 15.9 Å². The van der Waals surface area contributed by atoms with E-state index in [2.05, 4.69) is 130 Å². The first-order valence-corrected chi connectivity index (χ1v) is 11.5. The van der Waals surface area contributed by atoms with E-state index in [4.69, 9.17) is 0 Å². The minimum atomic E-state index is 1.07. The zero-order valence-corrected chi connectivity index (χ0v) is 18.9. The molecule has 1 nitrogen and oxygen atoms in total. The fraction of sp³-hybridized carbons (Fsp3) is 0. The molecule has 0 atom stereocenters. The van der Waals surface area contributed by atoms with Gasteiger partial charge < -0.3 is 5.32 Å². The van der Waals surface area contributed by atoms with E-state index < -0.39 is 0 Å². The van der Waals surface area contributed by atoms with Crippen LogP contribution in [0, 0.1) is 0 Å². The molecule has 6 aromatic rings. The summed E-state index contributed by atoms with van der Waals surface area (Å²) in [5.74, 6) is 0. The maximum absolute atomic E-state index is 3.68. The monoisotopic (exact) mass is 473 g/mol. The molecule has 0 aliphatic rings. The van der Waals surface area contributed by atoms with Crippen molar-refractivity contribution in [1.82, 2.24) is 0 Å². The summed E-state index contributed by atoms with van der Waals surface area (Å²) in [6.07, 6.45) is 0. The van der Waals surface area contributed by atoms with Crippen LogP contribution in [-0.4, -0.2) is 0 Å². The third kappa shape index (κ3) is 3.24. The van der Waals surface area contributed by atoms with Crippen molar-refractivity contribution in [1.29, 1.82) is 0 Å². The zero-order valence-electron chi connectivity index (χ0n) is 17.3. The second-order valence-corrected chi connectivity index (χ2v) is 8.95. The number of halogens is 1. The summed E-state index contributed by atoms with van der Waals surface area (Å²) in [5, 5.41) is 11.4. The third-order valence-electron chi connectivity index (χ3n) is 6.09. The molecule has 0 unspecified atom stereocenters. The molecule has 0 aromatic heterocycles. The van der Waals surface area contributed by atoms with Gasteiger partial charge in [-0.15, -0.1) is 0 Å². The summed E-state index contributed by atoms with van der Waals surface area (Å²) in [4.78, 5) is 0. The van der Waals surface area contributed by atoms with Gasteiger partial charge in [0.1, 0.15) is 0 Å². The quantitative estimate of drug-likeness (QED) is 0.252. The predicted molar refractivity (Wildman–Crippen MR) is 142 cm³/mol. The Morgan fingerprint density at radius 3 is 1.69 bits per heavy atom. The molecule has 152 valence electrons. The Labute approximate surface area is 195 Å². The molecular formula is C30H20BrN. The molecule has 1 N–H and O–H groups in total. The number of nitrogens with one attached hydrogen (secondary N) is 1. The molecule has 0 bridgehead atoms. The number of hydrogen-bond acceptors (Lipinski definition) is 1. The summed E-state index contributed by atoms with van der Waals surface area (Å²) >= 11 is 3.63. The highest BCUT2D eigenvalue weighted by Crippen LogP contribution is 2.38. The second kappa shape index (κ2) is 7.81. The van der Waals surface area contributed by atoms with E-state index >= 15 is 0 Å². The lowest BCUT2D eigenvalue weighted by Crippen LogP contribution is -1.94. The van der Waals surface area contributed by atoms with Crippen LogP contribution in [0.1, 0.15) is 0 Å². The average Bonchev–Trinajstić information content (AvgIpc) is 2.86. The molecule has 0 aliphatic carbocycles. The second-order valence-electron chi connectivity index (χ2n) is 8.03. The van der Waals surface area contributed by atoms with Crippen molar-refractivity contribution in [3.05, 3.63) is 120 Å². The molecule has 0 heterocycles. The van der Waals surface area contributed by atoms with Gasteiger partial charge in [0, 0.05) is 21.4 Å². The van der Waals surface area contributed by atoms with Crippen LogP contribution in [-0.2, 0) is 0 Å². The van der Waals surface area contributed by atoms with Crippen LogP contribution in [0.3, 0.4) is 0 Å². The number of rotatable bonds is 3. The topological polar surface area (TPSA) is 12.0 Å². The van der Waals surface area contributed by atoms with Gasteiger partial charge in [0.15, 0.2) is 0 Å². The van der Waals surface area contributed by atoms with Crippen LogP contribution in [0.4, 0.5) is 11.4 Å². The molecule has 0 aliphatic heterocycles. The molecule has 6 aromatic carbocycles. The lowest BCUT2D eigenvalue weighted by Gasteiger charge is -2.15. The summed E-state index contributed by atoms with van der Waals surface area (Å²) in [6.45, 7) is 0. The number of anilines is 2. The highest BCUT2D eigenvalue weighted by molar-refractivity contribution is 9.10. The van der Waals surface area contributed by atoms with Crippen LogP contribution in [0.2, 0.25) is 0 Å². The van der Waals surface area contributed by atoms with Crippen molar-refractivity contribution in [2.45, 2.75) is 0 Å². The van der Waals surface area contributed by atoms with Crippen LogP contribution in [0.25, 0.3) is 43.4 Å². The van der Waals surface area contributed by atoms with Crippen LogP contribution in [0.5, 0.6) is 0 Å². The van der Waals surface area contributed by atoms with E-state index in [-0.39, 0.29) is 0 Å². The van der Waals surface area contributed by atoms with Crippen molar-refractivity contribution < 1.29 is 0 Å². The Bertz CT molecular complexity index is 1570. The first kappa shape index (κ1) is 19.1. The van der Waals surface area contributed by atoms with Crippen molar-refractivity contribution in [2.75, 3.05) is 5.32 Å². The smallest absolute Gasteiger partial charge is 0.0464 e. The van der Waals surface area contributed by atoms with Gasteiger partial charge in [0.25, 0.3) is 0 Å². The molecule has 6 rings (SSSR count). The van der Waals surface area contributed by atoms with E-state index in [9.17, 15) is 0 Å². The van der Waals surface area contributed by atoms with Crippen molar-refractivity contribution in [3.8, 4) is 11.1 Å². The summed E-state index contributed by atoms with van der Waals surface area (Å²) in [5.41, 5.74) is 4.53. The number of fused-ring (bicyclic) bond motifs is 6. The summed E-state index contributed by atoms with van der Waals surface area (Å²) in [6, 6.07) is 41.0. The largest absolute Gasteiger partial charge is 0.355 e. The standard InChI is InChI=1S/C30H20BrN/c31-21-14-17-30(28(18-21)20-8-2-1-3-9-20)32-22-15-16-27-25-12-5-4-10-23(25)24-11-6-7-13-26(24)29(27)19-22/h1-19,32H. The first-order chi connectivity index (χ1) is 15.8. The fourth-order valence-electron chi connectivity index (χ4n) is 4.62. The fourth-order valence-corrected chi connectivity index (χ4v) is 4.98. The van der Waals surface area contributed by atoms with Crippen molar-refractivity contribution in [3.63, 3.8) is 0 Å². The number of hydrogen-bond donors (Lipinski definition) is 1. The molecule has 32 heavy (non-hydrogen) atoms. The van der Waals surface area contributed by atoms with Gasteiger partial charge in [-0.25, -0.2) is 0 Å².